The Morgan fingerprint density at radius 3 is 2.23 bits per heavy atom. The highest BCUT2D eigenvalue weighted by atomic mass is 35.5. The van der Waals surface area contributed by atoms with Crippen LogP contribution in [-0.2, 0) is 4.79 Å². The molecule has 130 valence electrons. The normalized spacial score (nSPS) is 12.3. The van der Waals surface area contributed by atoms with E-state index in [1.54, 1.807) is 23.9 Å². The smallest absolute Gasteiger partial charge is 0.226 e. The van der Waals surface area contributed by atoms with Crippen LogP contribution in [0.25, 0.3) is 0 Å². The van der Waals surface area contributed by atoms with Crippen molar-refractivity contribution in [3.8, 4) is 0 Å². The largest absolute Gasteiger partial charge is 0.339 e. The fraction of sp³-hybridized carbons (Fsp3) is 0.0952. The van der Waals surface area contributed by atoms with Gasteiger partial charge in [-0.15, -0.1) is 0 Å². The zero-order valence-corrected chi connectivity index (χ0v) is 15.6. The van der Waals surface area contributed by atoms with E-state index >= 15 is 0 Å². The van der Waals surface area contributed by atoms with Gasteiger partial charge in [0.05, 0.1) is 11.4 Å². The van der Waals surface area contributed by atoms with E-state index in [1.165, 1.54) is 9.79 Å². The third kappa shape index (κ3) is 3.57. The minimum Gasteiger partial charge on any atom is -0.339 e. The first-order valence-electron chi connectivity index (χ1n) is 8.39. The van der Waals surface area contributed by atoms with Crippen LogP contribution in [0.5, 0.6) is 0 Å². The molecule has 1 N–H and O–H groups in total. The number of carbonyl (C=O) groups is 1. The number of hydrogen-bond acceptors (Lipinski definition) is 3. The molecular formula is C21H17ClN2OS. The van der Waals surface area contributed by atoms with Crippen molar-refractivity contribution in [3.63, 3.8) is 0 Å². The van der Waals surface area contributed by atoms with Gasteiger partial charge in [-0.25, -0.2) is 0 Å². The van der Waals surface area contributed by atoms with Crippen LogP contribution in [0.2, 0.25) is 5.02 Å². The molecule has 1 aliphatic heterocycles. The average Bonchev–Trinajstić information content (AvgIpc) is 2.65. The lowest BCUT2D eigenvalue weighted by Crippen LogP contribution is -2.25. The molecule has 0 fully saturated rings. The van der Waals surface area contributed by atoms with Crippen molar-refractivity contribution < 1.29 is 4.79 Å². The predicted octanol–water partition coefficient (Wildman–Crippen LogP) is 5.97. The molecule has 0 unspecified atom stereocenters. The quantitative estimate of drug-likeness (QED) is 0.605. The second-order valence-electron chi connectivity index (χ2n) is 6.00. The molecule has 0 aliphatic carbocycles. The molecule has 3 nitrogen and oxygen atoms in total. The van der Waals surface area contributed by atoms with Crippen LogP contribution in [0.3, 0.4) is 0 Å². The highest BCUT2D eigenvalue weighted by Crippen LogP contribution is 2.47. The Kier molecular flexibility index (Phi) is 4.87. The molecule has 26 heavy (non-hydrogen) atoms. The van der Waals surface area contributed by atoms with Crippen LogP contribution in [0.1, 0.15) is 6.42 Å². The number of anilines is 3. The van der Waals surface area contributed by atoms with Gasteiger partial charge in [0.15, 0.2) is 0 Å². The van der Waals surface area contributed by atoms with E-state index < -0.39 is 0 Å². The fourth-order valence-electron chi connectivity index (χ4n) is 3.03. The van der Waals surface area contributed by atoms with Gasteiger partial charge in [0, 0.05) is 33.5 Å². The van der Waals surface area contributed by atoms with Crippen LogP contribution >= 0.6 is 23.4 Å². The van der Waals surface area contributed by atoms with Crippen molar-refractivity contribution in [2.24, 2.45) is 0 Å². The minimum atomic E-state index is -0.0274. The molecule has 3 aromatic rings. The summed E-state index contributed by atoms with van der Waals surface area (Å²) in [6.07, 6.45) is 0.389. The van der Waals surface area contributed by atoms with E-state index in [4.69, 9.17) is 11.6 Å². The molecule has 0 atom stereocenters. The number of carbonyl (C=O) groups excluding carboxylic acids is 1. The third-order valence-electron chi connectivity index (χ3n) is 4.20. The van der Waals surface area contributed by atoms with Crippen LogP contribution in [0.4, 0.5) is 17.1 Å². The molecule has 0 aromatic heterocycles. The lowest BCUT2D eigenvalue weighted by atomic mass is 10.2. The van der Waals surface area contributed by atoms with Gasteiger partial charge < -0.3 is 10.2 Å². The van der Waals surface area contributed by atoms with Gasteiger partial charge in [0.25, 0.3) is 0 Å². The van der Waals surface area contributed by atoms with Crippen LogP contribution in [0, 0.1) is 0 Å². The first-order chi connectivity index (χ1) is 12.7. The van der Waals surface area contributed by atoms with Crippen LogP contribution in [0.15, 0.2) is 82.6 Å². The summed E-state index contributed by atoms with van der Waals surface area (Å²) in [6.45, 7) is 0.612. The van der Waals surface area contributed by atoms with E-state index in [1.807, 2.05) is 36.4 Å². The van der Waals surface area contributed by atoms with Gasteiger partial charge in [-0.3, -0.25) is 4.79 Å². The number of benzene rings is 3. The highest BCUT2D eigenvalue weighted by molar-refractivity contribution is 7.99. The summed E-state index contributed by atoms with van der Waals surface area (Å²) >= 11 is 7.75. The lowest BCUT2D eigenvalue weighted by Gasteiger charge is -2.32. The summed E-state index contributed by atoms with van der Waals surface area (Å²) in [5.41, 5.74) is 3.01. The van der Waals surface area contributed by atoms with Gasteiger partial charge in [-0.05, 0) is 42.5 Å². The zero-order chi connectivity index (χ0) is 17.9. The summed E-state index contributed by atoms with van der Waals surface area (Å²) in [6, 6.07) is 23.8. The van der Waals surface area contributed by atoms with Crippen molar-refractivity contribution in [1.82, 2.24) is 0 Å². The maximum atomic E-state index is 12.4. The van der Waals surface area contributed by atoms with Crippen molar-refractivity contribution in [2.45, 2.75) is 16.2 Å². The van der Waals surface area contributed by atoms with E-state index in [0.717, 1.165) is 17.1 Å². The van der Waals surface area contributed by atoms with Gasteiger partial charge in [0.2, 0.25) is 5.91 Å². The van der Waals surface area contributed by atoms with Gasteiger partial charge in [-0.1, -0.05) is 53.7 Å². The molecule has 0 bridgehead atoms. The molecule has 0 saturated heterocycles. The number of para-hydroxylation sites is 2. The predicted molar refractivity (Wildman–Crippen MR) is 109 cm³/mol. The number of nitrogens with zero attached hydrogens (tertiary/aromatic N) is 1. The Hall–Kier alpha value is -2.43. The van der Waals surface area contributed by atoms with Crippen molar-refractivity contribution in [1.29, 1.82) is 0 Å². The summed E-state index contributed by atoms with van der Waals surface area (Å²) in [5, 5.41) is 3.52. The SMILES string of the molecule is O=C(CCN1c2ccccc2Sc2ccccc21)Nc1cccc(Cl)c1. The summed E-state index contributed by atoms with van der Waals surface area (Å²) < 4.78 is 0. The second-order valence-corrected chi connectivity index (χ2v) is 7.52. The lowest BCUT2D eigenvalue weighted by molar-refractivity contribution is -0.116. The average molecular weight is 381 g/mol. The maximum Gasteiger partial charge on any atom is 0.226 e. The number of hydrogen-bond donors (Lipinski definition) is 1. The Bertz CT molecular complexity index is 915. The monoisotopic (exact) mass is 380 g/mol. The molecule has 5 heteroatoms. The van der Waals surface area contributed by atoms with Crippen molar-refractivity contribution >= 4 is 46.3 Å². The molecule has 1 heterocycles. The third-order valence-corrected chi connectivity index (χ3v) is 5.57. The highest BCUT2D eigenvalue weighted by Gasteiger charge is 2.23. The molecule has 0 spiro atoms. The van der Waals surface area contributed by atoms with E-state index in [0.29, 0.717) is 18.0 Å². The first-order valence-corrected chi connectivity index (χ1v) is 9.59. The standard InChI is InChI=1S/C21H17ClN2OS/c22-15-6-5-7-16(14-15)23-21(25)12-13-24-17-8-1-3-10-19(17)26-20-11-4-2-9-18(20)24/h1-11,14H,12-13H2,(H,23,25). The Morgan fingerprint density at radius 2 is 1.58 bits per heavy atom. The molecule has 3 aromatic carbocycles. The van der Waals surface area contributed by atoms with Crippen LogP contribution in [-0.4, -0.2) is 12.5 Å². The molecule has 0 saturated carbocycles. The van der Waals surface area contributed by atoms with Gasteiger partial charge in [-0.2, -0.15) is 0 Å². The minimum absolute atomic E-state index is 0.0274. The molecule has 4 rings (SSSR count). The molecule has 0 radical (unpaired) electrons. The van der Waals surface area contributed by atoms with E-state index in [2.05, 4.69) is 34.5 Å². The van der Waals surface area contributed by atoms with Gasteiger partial charge in [0.1, 0.15) is 0 Å². The van der Waals surface area contributed by atoms with Crippen LogP contribution < -0.4 is 10.2 Å². The number of nitrogens with one attached hydrogen (secondary N) is 1. The topological polar surface area (TPSA) is 32.3 Å². The fourth-order valence-corrected chi connectivity index (χ4v) is 4.31. The molecule has 1 amide bonds. The number of halogens is 1. The number of rotatable bonds is 4. The van der Waals surface area contributed by atoms with Crippen molar-refractivity contribution in [3.05, 3.63) is 77.8 Å². The Balaban J connectivity index is 1.52. The molecule has 1 aliphatic rings. The zero-order valence-electron chi connectivity index (χ0n) is 14.0. The second kappa shape index (κ2) is 7.44. The summed E-state index contributed by atoms with van der Waals surface area (Å²) in [5.74, 6) is -0.0274. The van der Waals surface area contributed by atoms with E-state index in [9.17, 15) is 4.79 Å². The Morgan fingerprint density at radius 1 is 0.923 bits per heavy atom. The molecular weight excluding hydrogens is 364 g/mol. The van der Waals surface area contributed by atoms with E-state index in [-0.39, 0.29) is 5.91 Å². The maximum absolute atomic E-state index is 12.4. The number of fused-ring (bicyclic) bond motifs is 2. The first kappa shape index (κ1) is 17.0. The van der Waals surface area contributed by atoms with Gasteiger partial charge >= 0.3 is 0 Å². The Labute approximate surface area is 162 Å². The van der Waals surface area contributed by atoms with Crippen molar-refractivity contribution in [2.75, 3.05) is 16.8 Å². The summed E-state index contributed by atoms with van der Waals surface area (Å²) in [4.78, 5) is 17.0. The summed E-state index contributed by atoms with van der Waals surface area (Å²) in [7, 11) is 0. The number of amides is 1.